The van der Waals surface area contributed by atoms with Crippen LogP contribution in [0.1, 0.15) is 6.92 Å². The maximum atomic E-state index is 11.9. The van der Waals surface area contributed by atoms with Gasteiger partial charge in [0.25, 0.3) is 0 Å². The van der Waals surface area contributed by atoms with Crippen molar-refractivity contribution in [2.24, 2.45) is 11.8 Å². The predicted molar refractivity (Wildman–Crippen MR) is 61.2 cm³/mol. The third-order valence-corrected chi connectivity index (χ3v) is 2.94. The third kappa shape index (κ3) is 2.48. The monoisotopic (exact) mass is 240 g/mol. The molecular formula is C10H13ClN4O. The Kier molecular flexibility index (Phi) is 3.36. The minimum atomic E-state index is -0.0193. The Balaban J connectivity index is 1.99. The summed E-state index contributed by atoms with van der Waals surface area (Å²) in [4.78, 5) is 11.9. The average molecular weight is 241 g/mol. The Morgan fingerprint density at radius 2 is 2.31 bits per heavy atom. The molecule has 0 aromatic carbocycles. The summed E-state index contributed by atoms with van der Waals surface area (Å²) >= 11 is 5.60. The van der Waals surface area contributed by atoms with Crippen molar-refractivity contribution >= 4 is 23.3 Å². The fraction of sp³-hybridized carbons (Fsp3) is 0.500. The van der Waals surface area contributed by atoms with Gasteiger partial charge in [0.05, 0.1) is 5.92 Å². The van der Waals surface area contributed by atoms with Gasteiger partial charge in [-0.25, -0.2) is 0 Å². The van der Waals surface area contributed by atoms with E-state index in [1.54, 1.807) is 12.1 Å². The van der Waals surface area contributed by atoms with Crippen LogP contribution in [0.2, 0.25) is 5.15 Å². The zero-order valence-electron chi connectivity index (χ0n) is 8.90. The summed E-state index contributed by atoms with van der Waals surface area (Å²) in [7, 11) is 0. The molecule has 6 heteroatoms. The summed E-state index contributed by atoms with van der Waals surface area (Å²) in [5, 5.41) is 13.7. The molecule has 2 heterocycles. The van der Waals surface area contributed by atoms with Crippen LogP contribution in [0.3, 0.4) is 0 Å². The first-order chi connectivity index (χ1) is 7.66. The molecular weight excluding hydrogens is 228 g/mol. The van der Waals surface area contributed by atoms with E-state index in [-0.39, 0.29) is 11.8 Å². The van der Waals surface area contributed by atoms with Crippen LogP contribution in [0.15, 0.2) is 12.1 Å². The van der Waals surface area contributed by atoms with Crippen molar-refractivity contribution in [2.45, 2.75) is 6.92 Å². The van der Waals surface area contributed by atoms with Gasteiger partial charge in [-0.2, -0.15) is 0 Å². The number of halogens is 1. The molecule has 0 saturated carbocycles. The Morgan fingerprint density at radius 1 is 1.50 bits per heavy atom. The number of nitrogens with zero attached hydrogens (tertiary/aromatic N) is 2. The molecule has 0 radical (unpaired) electrons. The van der Waals surface area contributed by atoms with Gasteiger partial charge < -0.3 is 10.6 Å². The van der Waals surface area contributed by atoms with Crippen molar-refractivity contribution in [1.29, 1.82) is 0 Å². The van der Waals surface area contributed by atoms with Crippen LogP contribution in [-0.2, 0) is 4.79 Å². The van der Waals surface area contributed by atoms with E-state index in [2.05, 4.69) is 27.8 Å². The van der Waals surface area contributed by atoms with E-state index >= 15 is 0 Å². The quantitative estimate of drug-likeness (QED) is 0.807. The summed E-state index contributed by atoms with van der Waals surface area (Å²) in [5.74, 6) is 0.764. The first kappa shape index (κ1) is 11.3. The summed E-state index contributed by atoms with van der Waals surface area (Å²) in [6.45, 7) is 3.65. The SMILES string of the molecule is C[C@@H]1CNC[C@H]1C(=O)Nc1ccc(Cl)nn1. The highest BCUT2D eigenvalue weighted by Gasteiger charge is 2.29. The van der Waals surface area contributed by atoms with Gasteiger partial charge in [0.2, 0.25) is 5.91 Å². The van der Waals surface area contributed by atoms with E-state index < -0.39 is 0 Å². The number of carbonyl (C=O) groups excluding carboxylic acids is 1. The third-order valence-electron chi connectivity index (χ3n) is 2.74. The Hall–Kier alpha value is -1.20. The van der Waals surface area contributed by atoms with Crippen LogP contribution < -0.4 is 10.6 Å². The standard InChI is InChI=1S/C10H13ClN4O/c1-6-4-12-5-7(6)10(16)13-9-3-2-8(11)14-15-9/h2-3,6-7,12H,4-5H2,1H3,(H,13,15,16)/t6-,7-/m1/s1. The van der Waals surface area contributed by atoms with E-state index in [1.165, 1.54) is 0 Å². The molecule has 1 amide bonds. The second kappa shape index (κ2) is 4.76. The molecule has 0 unspecified atom stereocenters. The number of hydrogen-bond acceptors (Lipinski definition) is 4. The number of nitrogens with one attached hydrogen (secondary N) is 2. The fourth-order valence-electron chi connectivity index (χ4n) is 1.76. The maximum absolute atomic E-state index is 11.9. The highest BCUT2D eigenvalue weighted by atomic mass is 35.5. The number of hydrogen-bond donors (Lipinski definition) is 2. The van der Waals surface area contributed by atoms with Gasteiger partial charge in [-0.15, -0.1) is 10.2 Å². The van der Waals surface area contributed by atoms with Crippen molar-refractivity contribution in [3.05, 3.63) is 17.3 Å². The second-order valence-corrected chi connectivity index (χ2v) is 4.36. The summed E-state index contributed by atoms with van der Waals surface area (Å²) in [5.41, 5.74) is 0. The van der Waals surface area contributed by atoms with Crippen LogP contribution >= 0.6 is 11.6 Å². The molecule has 1 aliphatic heterocycles. The molecule has 0 aliphatic carbocycles. The van der Waals surface area contributed by atoms with Gasteiger partial charge in [-0.3, -0.25) is 4.79 Å². The number of aromatic nitrogens is 2. The fourth-order valence-corrected chi connectivity index (χ4v) is 1.86. The first-order valence-electron chi connectivity index (χ1n) is 5.17. The van der Waals surface area contributed by atoms with Gasteiger partial charge >= 0.3 is 0 Å². The molecule has 16 heavy (non-hydrogen) atoms. The topological polar surface area (TPSA) is 66.9 Å². The Morgan fingerprint density at radius 3 is 2.88 bits per heavy atom. The lowest BCUT2D eigenvalue weighted by Crippen LogP contribution is -2.28. The number of anilines is 1. The van der Waals surface area contributed by atoms with Crippen molar-refractivity contribution < 1.29 is 4.79 Å². The molecule has 2 atom stereocenters. The van der Waals surface area contributed by atoms with Gasteiger partial charge in [-0.1, -0.05) is 18.5 Å². The molecule has 1 fully saturated rings. The van der Waals surface area contributed by atoms with Crippen molar-refractivity contribution in [1.82, 2.24) is 15.5 Å². The molecule has 1 saturated heterocycles. The molecule has 5 nitrogen and oxygen atoms in total. The second-order valence-electron chi connectivity index (χ2n) is 3.97. The van der Waals surface area contributed by atoms with Crippen LogP contribution in [0.4, 0.5) is 5.82 Å². The van der Waals surface area contributed by atoms with Gasteiger partial charge in [0.15, 0.2) is 11.0 Å². The van der Waals surface area contributed by atoms with Crippen molar-refractivity contribution in [3.63, 3.8) is 0 Å². The number of amides is 1. The van der Waals surface area contributed by atoms with Crippen LogP contribution in [0.5, 0.6) is 0 Å². The molecule has 2 N–H and O–H groups in total. The van der Waals surface area contributed by atoms with Crippen LogP contribution in [-0.4, -0.2) is 29.2 Å². The Labute approximate surface area is 98.6 Å². The first-order valence-corrected chi connectivity index (χ1v) is 5.55. The summed E-state index contributed by atoms with van der Waals surface area (Å²) in [6, 6.07) is 3.24. The highest BCUT2D eigenvalue weighted by Crippen LogP contribution is 2.17. The van der Waals surface area contributed by atoms with E-state index in [0.29, 0.717) is 23.4 Å². The van der Waals surface area contributed by atoms with Crippen molar-refractivity contribution in [3.8, 4) is 0 Å². The lowest BCUT2D eigenvalue weighted by Gasteiger charge is -2.13. The average Bonchev–Trinajstić information content (AvgIpc) is 2.68. The largest absolute Gasteiger partial charge is 0.316 e. The molecule has 1 aromatic heterocycles. The molecule has 0 bridgehead atoms. The zero-order chi connectivity index (χ0) is 11.5. The smallest absolute Gasteiger partial charge is 0.230 e. The van der Waals surface area contributed by atoms with Crippen LogP contribution in [0.25, 0.3) is 0 Å². The van der Waals surface area contributed by atoms with Gasteiger partial charge in [-0.05, 0) is 24.6 Å². The zero-order valence-corrected chi connectivity index (χ0v) is 9.66. The molecule has 1 aliphatic rings. The number of rotatable bonds is 2. The van der Waals surface area contributed by atoms with Crippen molar-refractivity contribution in [2.75, 3.05) is 18.4 Å². The van der Waals surface area contributed by atoms with E-state index in [1.807, 2.05) is 0 Å². The minimum Gasteiger partial charge on any atom is -0.316 e. The lowest BCUT2D eigenvalue weighted by atomic mass is 9.97. The highest BCUT2D eigenvalue weighted by molar-refractivity contribution is 6.29. The van der Waals surface area contributed by atoms with E-state index in [4.69, 9.17) is 11.6 Å². The Bertz CT molecular complexity index is 381. The normalized spacial score (nSPS) is 24.4. The minimum absolute atomic E-state index is 0.00234. The van der Waals surface area contributed by atoms with Gasteiger partial charge in [0.1, 0.15) is 0 Å². The summed E-state index contributed by atoms with van der Waals surface area (Å²) < 4.78 is 0. The van der Waals surface area contributed by atoms with E-state index in [9.17, 15) is 4.79 Å². The number of carbonyl (C=O) groups is 1. The molecule has 1 aromatic rings. The van der Waals surface area contributed by atoms with Gasteiger partial charge in [0, 0.05) is 6.54 Å². The maximum Gasteiger partial charge on any atom is 0.230 e. The van der Waals surface area contributed by atoms with Crippen LogP contribution in [0, 0.1) is 11.8 Å². The molecule has 0 spiro atoms. The molecule has 86 valence electrons. The lowest BCUT2D eigenvalue weighted by molar-refractivity contribution is -0.120. The summed E-state index contributed by atoms with van der Waals surface area (Å²) in [6.07, 6.45) is 0. The molecule has 2 rings (SSSR count). The van der Waals surface area contributed by atoms with E-state index in [0.717, 1.165) is 6.54 Å². The predicted octanol–water partition coefficient (Wildman–Crippen LogP) is 0.924.